The fourth-order valence-electron chi connectivity index (χ4n) is 4.82. The Hall–Kier alpha value is -2.80. The number of aromatic nitrogens is 3. The van der Waals surface area contributed by atoms with Crippen LogP contribution in [0.25, 0.3) is 21.9 Å². The molecule has 1 amide bonds. The number of pyridine rings is 1. The number of alkyl halides is 1. The third kappa shape index (κ3) is 4.46. The van der Waals surface area contributed by atoms with Crippen molar-refractivity contribution in [3.05, 3.63) is 42.9 Å². The molecule has 0 unspecified atom stereocenters. The maximum Gasteiger partial charge on any atom is 0.228 e. The zero-order valence-corrected chi connectivity index (χ0v) is 17.8. The summed E-state index contributed by atoms with van der Waals surface area (Å²) in [6.45, 7) is 2.13. The van der Waals surface area contributed by atoms with Crippen LogP contribution in [0, 0.1) is 11.8 Å². The lowest BCUT2D eigenvalue weighted by Crippen LogP contribution is -2.50. The van der Waals surface area contributed by atoms with Crippen LogP contribution < -0.4 is 5.32 Å². The Bertz CT molecular complexity index is 1080. The van der Waals surface area contributed by atoms with Crippen molar-refractivity contribution >= 4 is 22.5 Å². The van der Waals surface area contributed by atoms with E-state index in [1.54, 1.807) is 10.9 Å². The van der Waals surface area contributed by atoms with Crippen molar-refractivity contribution in [1.29, 1.82) is 0 Å². The number of hydrogen-bond acceptors (Lipinski definition) is 4. The Morgan fingerprint density at radius 1 is 1.10 bits per heavy atom. The summed E-state index contributed by atoms with van der Waals surface area (Å²) in [5, 5.41) is 9.34. The number of halogens is 1. The normalized spacial score (nSPS) is 22.4. The van der Waals surface area contributed by atoms with Crippen molar-refractivity contribution in [1.82, 2.24) is 19.7 Å². The third-order valence-corrected chi connectivity index (χ3v) is 6.66. The molecule has 0 radical (unpaired) electrons. The first-order chi connectivity index (χ1) is 15.0. The Labute approximate surface area is 181 Å². The number of rotatable bonds is 5. The fourth-order valence-corrected chi connectivity index (χ4v) is 4.82. The number of benzene rings is 1. The van der Waals surface area contributed by atoms with E-state index < -0.39 is 6.17 Å². The summed E-state index contributed by atoms with van der Waals surface area (Å²) in [6, 6.07) is 8.15. The SMILES string of the molecule is Cn1cc(-c2ccc3cnc(NC(=O)[C@H]4CC[C@@H](CN5CC(F)C5)CC4)cc3c2)cn1. The summed E-state index contributed by atoms with van der Waals surface area (Å²) in [6.07, 6.45) is 8.84. The van der Waals surface area contributed by atoms with Gasteiger partial charge in [-0.25, -0.2) is 9.37 Å². The van der Waals surface area contributed by atoms with Gasteiger partial charge < -0.3 is 5.32 Å². The van der Waals surface area contributed by atoms with Crippen molar-refractivity contribution in [2.45, 2.75) is 31.9 Å². The van der Waals surface area contributed by atoms with Gasteiger partial charge in [-0.05, 0) is 54.7 Å². The summed E-state index contributed by atoms with van der Waals surface area (Å²) < 4.78 is 14.8. The second-order valence-electron chi connectivity index (χ2n) is 9.06. The number of hydrogen-bond donors (Lipinski definition) is 1. The molecule has 2 fully saturated rings. The van der Waals surface area contributed by atoms with Crippen molar-refractivity contribution in [3.8, 4) is 11.1 Å². The number of carbonyl (C=O) groups excluding carboxylic acids is 1. The third-order valence-electron chi connectivity index (χ3n) is 6.66. The molecule has 162 valence electrons. The predicted molar refractivity (Wildman–Crippen MR) is 119 cm³/mol. The molecule has 0 spiro atoms. The second kappa shape index (κ2) is 8.38. The van der Waals surface area contributed by atoms with Gasteiger partial charge in [0.2, 0.25) is 5.91 Å². The summed E-state index contributed by atoms with van der Waals surface area (Å²) in [5.74, 6) is 1.26. The first-order valence-electron chi connectivity index (χ1n) is 11.1. The number of amides is 1. The lowest BCUT2D eigenvalue weighted by molar-refractivity contribution is -0.121. The lowest BCUT2D eigenvalue weighted by atomic mass is 9.81. The predicted octanol–water partition coefficient (Wildman–Crippen LogP) is 4.03. The summed E-state index contributed by atoms with van der Waals surface area (Å²) in [7, 11) is 1.90. The van der Waals surface area contributed by atoms with Crippen molar-refractivity contribution in [2.75, 3.05) is 25.0 Å². The number of carbonyl (C=O) groups is 1. The molecule has 7 heteroatoms. The Morgan fingerprint density at radius 2 is 1.90 bits per heavy atom. The molecule has 1 aliphatic heterocycles. The molecule has 5 rings (SSSR count). The van der Waals surface area contributed by atoms with E-state index >= 15 is 0 Å². The second-order valence-corrected chi connectivity index (χ2v) is 9.06. The van der Waals surface area contributed by atoms with Gasteiger partial charge in [0, 0.05) is 55.9 Å². The van der Waals surface area contributed by atoms with Gasteiger partial charge in [0.05, 0.1) is 6.20 Å². The van der Waals surface area contributed by atoms with Gasteiger partial charge in [-0.2, -0.15) is 5.10 Å². The topological polar surface area (TPSA) is 63.1 Å². The van der Waals surface area contributed by atoms with E-state index in [1.165, 1.54) is 0 Å². The monoisotopic (exact) mass is 421 g/mol. The maximum atomic E-state index is 13.0. The average molecular weight is 422 g/mol. The highest BCUT2D eigenvalue weighted by Crippen LogP contribution is 2.31. The Balaban J connectivity index is 1.21. The van der Waals surface area contributed by atoms with Gasteiger partial charge in [-0.3, -0.25) is 14.4 Å². The van der Waals surface area contributed by atoms with Gasteiger partial charge >= 0.3 is 0 Å². The summed E-state index contributed by atoms with van der Waals surface area (Å²) in [4.78, 5) is 19.4. The first kappa shape index (κ1) is 20.1. The van der Waals surface area contributed by atoms with Crippen LogP contribution in [0.4, 0.5) is 10.2 Å². The standard InChI is InChI=1S/C24H28FN5O/c1-29-13-21(11-27-29)18-6-7-19-10-26-23(9-20(19)8-18)28-24(31)17-4-2-16(3-5-17)12-30-14-22(25)15-30/h6-11,13,16-17,22H,2-5,12,14-15H2,1H3,(H,26,28,31)/t16-,17+. The van der Waals surface area contributed by atoms with E-state index in [9.17, 15) is 9.18 Å². The smallest absolute Gasteiger partial charge is 0.228 e. The molecule has 1 aromatic carbocycles. The van der Waals surface area contributed by atoms with E-state index in [2.05, 4.69) is 32.4 Å². The number of aryl methyl sites for hydroxylation is 1. The van der Waals surface area contributed by atoms with Gasteiger partial charge in [0.25, 0.3) is 0 Å². The molecular formula is C24H28FN5O. The molecule has 2 aliphatic rings. The van der Waals surface area contributed by atoms with Gasteiger partial charge in [0.1, 0.15) is 12.0 Å². The summed E-state index contributed by atoms with van der Waals surface area (Å²) >= 11 is 0. The Kier molecular flexibility index (Phi) is 5.44. The van der Waals surface area contributed by atoms with Crippen LogP contribution in [-0.2, 0) is 11.8 Å². The van der Waals surface area contributed by atoms with E-state index in [0.717, 1.165) is 54.1 Å². The van der Waals surface area contributed by atoms with Gasteiger partial charge in [-0.1, -0.05) is 12.1 Å². The highest BCUT2D eigenvalue weighted by atomic mass is 19.1. The molecule has 3 heterocycles. The van der Waals surface area contributed by atoms with Crippen LogP contribution in [0.5, 0.6) is 0 Å². The first-order valence-corrected chi connectivity index (χ1v) is 11.1. The van der Waals surface area contributed by atoms with Crippen LogP contribution in [0.3, 0.4) is 0 Å². The fraction of sp³-hybridized carbons (Fsp3) is 0.458. The van der Waals surface area contributed by atoms with E-state index in [-0.39, 0.29) is 11.8 Å². The molecule has 1 saturated carbocycles. The van der Waals surface area contributed by atoms with Gasteiger partial charge in [0.15, 0.2) is 0 Å². The van der Waals surface area contributed by atoms with Crippen LogP contribution >= 0.6 is 0 Å². The number of nitrogens with zero attached hydrogens (tertiary/aromatic N) is 4. The molecule has 1 saturated heterocycles. The molecule has 3 aromatic rings. The number of anilines is 1. The highest BCUT2D eigenvalue weighted by molar-refractivity contribution is 5.95. The zero-order valence-electron chi connectivity index (χ0n) is 17.8. The molecule has 6 nitrogen and oxygen atoms in total. The lowest BCUT2D eigenvalue weighted by Gasteiger charge is -2.38. The van der Waals surface area contributed by atoms with E-state index in [4.69, 9.17) is 0 Å². The maximum absolute atomic E-state index is 13.0. The van der Waals surface area contributed by atoms with Crippen LogP contribution in [0.1, 0.15) is 25.7 Å². The molecule has 0 atom stereocenters. The highest BCUT2D eigenvalue weighted by Gasteiger charge is 2.31. The minimum atomic E-state index is -0.642. The quantitative estimate of drug-likeness (QED) is 0.676. The van der Waals surface area contributed by atoms with Crippen molar-refractivity contribution < 1.29 is 9.18 Å². The number of likely N-dealkylation sites (tertiary alicyclic amines) is 1. The minimum Gasteiger partial charge on any atom is -0.310 e. The largest absolute Gasteiger partial charge is 0.310 e. The Morgan fingerprint density at radius 3 is 2.61 bits per heavy atom. The van der Waals surface area contributed by atoms with Gasteiger partial charge in [-0.15, -0.1) is 0 Å². The van der Waals surface area contributed by atoms with E-state index in [1.807, 2.05) is 31.6 Å². The van der Waals surface area contributed by atoms with E-state index in [0.29, 0.717) is 24.8 Å². The summed E-state index contributed by atoms with van der Waals surface area (Å²) in [5.41, 5.74) is 2.15. The molecule has 2 aromatic heterocycles. The van der Waals surface area contributed by atoms with Crippen LogP contribution in [0.2, 0.25) is 0 Å². The minimum absolute atomic E-state index is 0.0285. The number of nitrogens with one attached hydrogen (secondary N) is 1. The van der Waals surface area contributed by atoms with Crippen molar-refractivity contribution in [3.63, 3.8) is 0 Å². The number of fused-ring (bicyclic) bond motifs is 1. The molecule has 1 aliphatic carbocycles. The zero-order chi connectivity index (χ0) is 21.4. The molecule has 1 N–H and O–H groups in total. The van der Waals surface area contributed by atoms with Crippen LogP contribution in [0.15, 0.2) is 42.9 Å². The average Bonchev–Trinajstić information content (AvgIpc) is 3.19. The molecule has 0 bridgehead atoms. The molecular weight excluding hydrogens is 393 g/mol. The van der Waals surface area contributed by atoms with Crippen molar-refractivity contribution in [2.24, 2.45) is 18.9 Å². The molecule has 31 heavy (non-hydrogen) atoms. The van der Waals surface area contributed by atoms with Crippen LogP contribution in [-0.4, -0.2) is 51.4 Å².